The maximum atomic E-state index is 5.93. The summed E-state index contributed by atoms with van der Waals surface area (Å²) in [7, 11) is 0. The van der Waals surface area contributed by atoms with Crippen molar-refractivity contribution < 1.29 is 4.74 Å². The number of anilines is 1. The first-order valence-electron chi connectivity index (χ1n) is 6.16. The quantitative estimate of drug-likeness (QED) is 0.851. The van der Waals surface area contributed by atoms with Gasteiger partial charge in [0.15, 0.2) is 11.6 Å². The summed E-state index contributed by atoms with van der Waals surface area (Å²) in [5, 5.41) is 0. The van der Waals surface area contributed by atoms with Gasteiger partial charge < -0.3 is 10.5 Å². The highest BCUT2D eigenvalue weighted by atomic mass is 16.5. The van der Waals surface area contributed by atoms with Crippen LogP contribution in [0.4, 0.5) is 5.82 Å². The van der Waals surface area contributed by atoms with Crippen LogP contribution in [0.3, 0.4) is 0 Å². The summed E-state index contributed by atoms with van der Waals surface area (Å²) in [5.41, 5.74) is 5.77. The molecule has 0 amide bonds. The maximum Gasteiger partial charge on any atom is 0.166 e. The monoisotopic (exact) mass is 220 g/mol. The zero-order valence-electron chi connectivity index (χ0n) is 9.86. The van der Waals surface area contributed by atoms with Gasteiger partial charge in [-0.1, -0.05) is 19.8 Å². The molecule has 0 bridgehead atoms. The van der Waals surface area contributed by atoms with Gasteiger partial charge in [0, 0.05) is 6.20 Å². The molecule has 1 aliphatic rings. The molecule has 1 heterocycles. The van der Waals surface area contributed by atoms with Gasteiger partial charge in [0.1, 0.15) is 0 Å². The lowest BCUT2D eigenvalue weighted by Crippen LogP contribution is -2.25. The molecule has 2 atom stereocenters. The second kappa shape index (κ2) is 5.19. The van der Waals surface area contributed by atoms with Gasteiger partial charge >= 0.3 is 0 Å². The molecule has 1 aliphatic carbocycles. The molecule has 0 saturated heterocycles. The van der Waals surface area contributed by atoms with Crippen LogP contribution in [0.5, 0.6) is 5.75 Å². The molecular formula is C13H20N2O. The molecule has 1 aromatic rings. The number of nitrogen functional groups attached to an aromatic ring is 1. The molecule has 3 nitrogen and oxygen atoms in total. The minimum absolute atomic E-state index is 0.324. The summed E-state index contributed by atoms with van der Waals surface area (Å²) in [6, 6.07) is 3.77. The Morgan fingerprint density at radius 3 is 3.12 bits per heavy atom. The highest BCUT2D eigenvalue weighted by molar-refractivity contribution is 5.44. The summed E-state index contributed by atoms with van der Waals surface area (Å²) in [6.07, 6.45) is 8.18. The van der Waals surface area contributed by atoms with E-state index in [9.17, 15) is 0 Å². The van der Waals surface area contributed by atoms with Crippen molar-refractivity contribution in [2.75, 3.05) is 5.73 Å². The molecule has 2 unspecified atom stereocenters. The zero-order valence-corrected chi connectivity index (χ0v) is 9.86. The molecule has 0 aliphatic heterocycles. The lowest BCUT2D eigenvalue weighted by Gasteiger charge is -2.29. The Morgan fingerprint density at radius 2 is 2.38 bits per heavy atom. The van der Waals surface area contributed by atoms with Gasteiger partial charge in [0.05, 0.1) is 6.10 Å². The van der Waals surface area contributed by atoms with Crippen molar-refractivity contribution in [3.63, 3.8) is 0 Å². The Hall–Kier alpha value is -1.25. The highest BCUT2D eigenvalue weighted by Gasteiger charge is 2.22. The van der Waals surface area contributed by atoms with E-state index in [2.05, 4.69) is 11.9 Å². The van der Waals surface area contributed by atoms with Crippen molar-refractivity contribution in [1.29, 1.82) is 0 Å². The van der Waals surface area contributed by atoms with Gasteiger partial charge in [-0.25, -0.2) is 4.98 Å². The largest absolute Gasteiger partial charge is 0.487 e. The number of hydrogen-bond donors (Lipinski definition) is 1. The predicted octanol–water partition coefficient (Wildman–Crippen LogP) is 3.01. The maximum absolute atomic E-state index is 5.93. The van der Waals surface area contributed by atoms with Crippen LogP contribution in [0.2, 0.25) is 0 Å². The summed E-state index contributed by atoms with van der Waals surface area (Å²) in [5.74, 6) is 2.06. The number of aromatic nitrogens is 1. The third-order valence-corrected chi connectivity index (χ3v) is 3.41. The van der Waals surface area contributed by atoms with E-state index in [-0.39, 0.29) is 0 Å². The van der Waals surface area contributed by atoms with Crippen molar-refractivity contribution >= 4 is 5.82 Å². The Labute approximate surface area is 97.0 Å². The molecule has 0 aromatic carbocycles. The molecule has 16 heavy (non-hydrogen) atoms. The van der Waals surface area contributed by atoms with Crippen molar-refractivity contribution in [2.24, 2.45) is 5.92 Å². The topological polar surface area (TPSA) is 48.1 Å². The molecular weight excluding hydrogens is 200 g/mol. The van der Waals surface area contributed by atoms with Crippen LogP contribution in [-0.2, 0) is 0 Å². The molecule has 1 saturated carbocycles. The Kier molecular flexibility index (Phi) is 3.65. The standard InChI is InChI=1S/C13H20N2O/c1-2-10-5-3-6-11(9-10)16-12-7-4-8-15-13(12)14/h4,7-8,10-11H,2-3,5-6,9H2,1H3,(H2,14,15). The summed E-state index contributed by atoms with van der Waals surface area (Å²) in [4.78, 5) is 4.04. The number of ether oxygens (including phenoxy) is 1. The van der Waals surface area contributed by atoms with Crippen LogP contribution >= 0.6 is 0 Å². The first-order valence-corrected chi connectivity index (χ1v) is 6.16. The van der Waals surface area contributed by atoms with E-state index in [1.54, 1.807) is 6.20 Å². The molecule has 1 aromatic heterocycles. The number of nitrogens with zero attached hydrogens (tertiary/aromatic N) is 1. The van der Waals surface area contributed by atoms with Crippen LogP contribution in [0.1, 0.15) is 39.0 Å². The summed E-state index contributed by atoms with van der Waals surface area (Å²) in [6.45, 7) is 2.26. The van der Waals surface area contributed by atoms with Crippen molar-refractivity contribution in [2.45, 2.75) is 45.1 Å². The minimum Gasteiger partial charge on any atom is -0.487 e. The first kappa shape index (κ1) is 11.2. The van der Waals surface area contributed by atoms with Gasteiger partial charge in [0.2, 0.25) is 0 Å². The molecule has 0 spiro atoms. The van der Waals surface area contributed by atoms with E-state index >= 15 is 0 Å². The van der Waals surface area contributed by atoms with E-state index in [4.69, 9.17) is 10.5 Å². The fourth-order valence-electron chi connectivity index (χ4n) is 2.40. The molecule has 88 valence electrons. The van der Waals surface area contributed by atoms with E-state index < -0.39 is 0 Å². The Bertz CT molecular complexity index is 340. The summed E-state index contributed by atoms with van der Waals surface area (Å²) < 4.78 is 5.93. The zero-order chi connectivity index (χ0) is 11.4. The lowest BCUT2D eigenvalue weighted by atomic mass is 9.85. The van der Waals surface area contributed by atoms with Gasteiger partial charge in [-0.3, -0.25) is 0 Å². The number of pyridine rings is 1. The van der Waals surface area contributed by atoms with Crippen molar-refractivity contribution in [3.8, 4) is 5.75 Å². The average Bonchev–Trinajstić information content (AvgIpc) is 2.32. The molecule has 1 fully saturated rings. The highest BCUT2D eigenvalue weighted by Crippen LogP contribution is 2.30. The Morgan fingerprint density at radius 1 is 1.50 bits per heavy atom. The minimum atomic E-state index is 0.324. The fourth-order valence-corrected chi connectivity index (χ4v) is 2.40. The summed E-state index contributed by atoms with van der Waals surface area (Å²) >= 11 is 0. The van der Waals surface area contributed by atoms with Crippen LogP contribution < -0.4 is 10.5 Å². The van der Waals surface area contributed by atoms with Crippen LogP contribution in [0.15, 0.2) is 18.3 Å². The van der Waals surface area contributed by atoms with E-state index in [1.165, 1.54) is 19.3 Å². The van der Waals surface area contributed by atoms with E-state index in [1.807, 2.05) is 12.1 Å². The molecule has 2 rings (SSSR count). The molecule has 3 heteroatoms. The predicted molar refractivity (Wildman–Crippen MR) is 65.3 cm³/mol. The van der Waals surface area contributed by atoms with Crippen molar-refractivity contribution in [3.05, 3.63) is 18.3 Å². The normalized spacial score (nSPS) is 25.3. The SMILES string of the molecule is CCC1CCCC(Oc2cccnc2N)C1. The first-order chi connectivity index (χ1) is 7.79. The van der Waals surface area contributed by atoms with E-state index in [0.717, 1.165) is 24.5 Å². The smallest absolute Gasteiger partial charge is 0.166 e. The number of rotatable bonds is 3. The molecule has 2 N–H and O–H groups in total. The second-order valence-corrected chi connectivity index (χ2v) is 4.57. The number of hydrogen-bond acceptors (Lipinski definition) is 3. The van der Waals surface area contributed by atoms with Crippen LogP contribution in [0, 0.1) is 5.92 Å². The average molecular weight is 220 g/mol. The fraction of sp³-hybridized carbons (Fsp3) is 0.615. The van der Waals surface area contributed by atoms with Gasteiger partial charge in [-0.05, 0) is 37.3 Å². The second-order valence-electron chi connectivity index (χ2n) is 4.57. The third kappa shape index (κ3) is 2.65. The lowest BCUT2D eigenvalue weighted by molar-refractivity contribution is 0.122. The van der Waals surface area contributed by atoms with Crippen molar-refractivity contribution in [1.82, 2.24) is 4.98 Å². The third-order valence-electron chi connectivity index (χ3n) is 3.41. The number of nitrogens with two attached hydrogens (primary N) is 1. The molecule has 0 radical (unpaired) electrons. The van der Waals surface area contributed by atoms with Crippen LogP contribution in [0.25, 0.3) is 0 Å². The van der Waals surface area contributed by atoms with E-state index in [0.29, 0.717) is 11.9 Å². The van der Waals surface area contributed by atoms with Gasteiger partial charge in [-0.15, -0.1) is 0 Å². The Balaban J connectivity index is 1.97. The van der Waals surface area contributed by atoms with Gasteiger partial charge in [0.25, 0.3) is 0 Å². The van der Waals surface area contributed by atoms with Gasteiger partial charge in [-0.2, -0.15) is 0 Å². The van der Waals surface area contributed by atoms with Crippen LogP contribution in [-0.4, -0.2) is 11.1 Å².